The van der Waals surface area contributed by atoms with E-state index in [0.29, 0.717) is 18.2 Å². The van der Waals surface area contributed by atoms with Gasteiger partial charge in [-0.05, 0) is 82.4 Å². The predicted octanol–water partition coefficient (Wildman–Crippen LogP) is 4.05. The molecule has 0 atom stereocenters. The third-order valence-corrected chi connectivity index (χ3v) is 6.79. The van der Waals surface area contributed by atoms with Crippen molar-refractivity contribution < 1.29 is 24.5 Å². The molecule has 1 aliphatic rings. The Balaban J connectivity index is 1.63. The summed E-state index contributed by atoms with van der Waals surface area (Å²) in [4.78, 5) is 27.6. The fraction of sp³-hybridized carbons (Fsp3) is 0.519. The molecule has 3 rings (SSSR count). The molecule has 1 aliphatic heterocycles. The van der Waals surface area contributed by atoms with E-state index in [9.17, 15) is 9.59 Å². The van der Waals surface area contributed by atoms with Gasteiger partial charge in [-0.25, -0.2) is 9.59 Å². The van der Waals surface area contributed by atoms with Crippen molar-refractivity contribution in [2.45, 2.75) is 52.6 Å². The molecule has 0 radical (unpaired) electrons. The predicted molar refractivity (Wildman–Crippen MR) is 138 cm³/mol. The molecule has 9 heteroatoms. The molecule has 36 heavy (non-hydrogen) atoms. The second kappa shape index (κ2) is 12.7. The van der Waals surface area contributed by atoms with Crippen molar-refractivity contribution in [1.82, 2.24) is 14.7 Å². The van der Waals surface area contributed by atoms with Gasteiger partial charge in [0.05, 0.1) is 25.0 Å². The van der Waals surface area contributed by atoms with Crippen LogP contribution in [0.4, 0.5) is 10.5 Å². The number of hydrogen-bond donors (Lipinski definition) is 2. The largest absolute Gasteiger partial charge is 0.478 e. The zero-order chi connectivity index (χ0) is 26.2. The molecular formula is C27H38N4O5. The summed E-state index contributed by atoms with van der Waals surface area (Å²) in [6.45, 7) is 9.54. The monoisotopic (exact) mass is 498 g/mol. The topological polar surface area (TPSA) is 108 Å². The summed E-state index contributed by atoms with van der Waals surface area (Å²) < 4.78 is 7.08. The standard InChI is InChI=1S/C27H38N4O5/c1-19(2)31-25(7-5-6-16-32)20(3)24(28-31)18-29-14-12-21(13-15-29)17-30(27(35)36-4)23-10-8-22(9-11-23)26(33)34/h5-6,8-11,19,21,32H,7,12-18H2,1-4H3,(H,33,34)/b6-5-. The molecule has 1 saturated heterocycles. The van der Waals surface area contributed by atoms with Crippen LogP contribution in [0, 0.1) is 12.8 Å². The van der Waals surface area contributed by atoms with E-state index >= 15 is 0 Å². The number of rotatable bonds is 10. The highest BCUT2D eigenvalue weighted by atomic mass is 16.5. The maximum atomic E-state index is 12.5. The zero-order valence-corrected chi connectivity index (χ0v) is 21.7. The number of aromatic nitrogens is 2. The molecule has 0 saturated carbocycles. The fourth-order valence-corrected chi connectivity index (χ4v) is 4.67. The summed E-state index contributed by atoms with van der Waals surface area (Å²) in [6.07, 6.45) is 5.93. The van der Waals surface area contributed by atoms with Gasteiger partial charge in [0, 0.05) is 36.9 Å². The molecule has 0 unspecified atom stereocenters. The van der Waals surface area contributed by atoms with Crippen LogP contribution in [0.3, 0.4) is 0 Å². The molecule has 1 aromatic heterocycles. The van der Waals surface area contributed by atoms with Crippen molar-refractivity contribution in [3.05, 3.63) is 58.9 Å². The smallest absolute Gasteiger partial charge is 0.414 e. The van der Waals surface area contributed by atoms with E-state index in [1.54, 1.807) is 23.1 Å². The van der Waals surface area contributed by atoms with Crippen molar-refractivity contribution in [3.8, 4) is 0 Å². The number of aliphatic hydroxyl groups is 1. The van der Waals surface area contributed by atoms with Crippen LogP contribution in [-0.2, 0) is 17.7 Å². The minimum Gasteiger partial charge on any atom is -0.478 e. The van der Waals surface area contributed by atoms with E-state index in [1.807, 2.05) is 6.08 Å². The van der Waals surface area contributed by atoms with Crippen molar-refractivity contribution in [2.75, 3.05) is 38.3 Å². The van der Waals surface area contributed by atoms with Gasteiger partial charge in [0.25, 0.3) is 0 Å². The number of aliphatic hydroxyl groups excluding tert-OH is 1. The number of piperidine rings is 1. The number of aromatic carboxylic acids is 1. The zero-order valence-electron chi connectivity index (χ0n) is 21.7. The van der Waals surface area contributed by atoms with E-state index in [0.717, 1.165) is 44.6 Å². The fourth-order valence-electron chi connectivity index (χ4n) is 4.67. The Morgan fingerprint density at radius 1 is 1.19 bits per heavy atom. The van der Waals surface area contributed by atoms with Gasteiger partial charge >= 0.3 is 12.1 Å². The Hall–Kier alpha value is -3.17. The number of carbonyl (C=O) groups excluding carboxylic acids is 1. The minimum absolute atomic E-state index is 0.0394. The minimum atomic E-state index is -0.999. The lowest BCUT2D eigenvalue weighted by Crippen LogP contribution is -2.41. The van der Waals surface area contributed by atoms with Gasteiger partial charge in [-0.15, -0.1) is 0 Å². The first-order valence-electron chi connectivity index (χ1n) is 12.5. The molecule has 2 heterocycles. The van der Waals surface area contributed by atoms with Crippen molar-refractivity contribution >= 4 is 17.7 Å². The lowest BCUT2D eigenvalue weighted by Gasteiger charge is -2.34. The van der Waals surface area contributed by atoms with Gasteiger partial charge in [-0.1, -0.05) is 12.2 Å². The highest BCUT2D eigenvalue weighted by Gasteiger charge is 2.26. The van der Waals surface area contributed by atoms with Crippen LogP contribution in [0.1, 0.15) is 60.0 Å². The number of allylic oxidation sites excluding steroid dienone is 1. The summed E-state index contributed by atoms with van der Waals surface area (Å²) in [5.41, 5.74) is 4.29. The summed E-state index contributed by atoms with van der Waals surface area (Å²) in [5.74, 6) is -0.686. The number of ether oxygens (including phenoxy) is 1. The van der Waals surface area contributed by atoms with Crippen LogP contribution in [0.5, 0.6) is 0 Å². The summed E-state index contributed by atoms with van der Waals surface area (Å²) in [6, 6.07) is 6.56. The first-order chi connectivity index (χ1) is 17.2. The number of carboxylic acid groups (broad SMARTS) is 1. The van der Waals surface area contributed by atoms with E-state index < -0.39 is 12.1 Å². The van der Waals surface area contributed by atoms with E-state index in [-0.39, 0.29) is 18.2 Å². The average molecular weight is 499 g/mol. The number of carboxylic acids is 1. The first-order valence-corrected chi connectivity index (χ1v) is 12.5. The van der Waals surface area contributed by atoms with Gasteiger partial charge in [0.1, 0.15) is 0 Å². The molecule has 0 bridgehead atoms. The maximum Gasteiger partial charge on any atom is 0.414 e. The molecule has 0 aliphatic carbocycles. The quantitative estimate of drug-likeness (QED) is 0.476. The Bertz CT molecular complexity index is 1050. The summed E-state index contributed by atoms with van der Waals surface area (Å²) in [7, 11) is 1.36. The van der Waals surface area contributed by atoms with Crippen molar-refractivity contribution in [3.63, 3.8) is 0 Å². The van der Waals surface area contributed by atoms with Gasteiger partial charge in [0.15, 0.2) is 0 Å². The van der Waals surface area contributed by atoms with Crippen LogP contribution >= 0.6 is 0 Å². The van der Waals surface area contributed by atoms with Crippen LogP contribution in [-0.4, -0.2) is 70.3 Å². The molecule has 1 amide bonds. The van der Waals surface area contributed by atoms with E-state index in [2.05, 4.69) is 30.4 Å². The third kappa shape index (κ3) is 6.73. The molecule has 1 aromatic carbocycles. The van der Waals surface area contributed by atoms with Crippen molar-refractivity contribution in [1.29, 1.82) is 0 Å². The lowest BCUT2D eigenvalue weighted by molar-refractivity contribution is 0.0697. The molecule has 196 valence electrons. The second-order valence-electron chi connectivity index (χ2n) is 9.57. The van der Waals surface area contributed by atoms with Crippen LogP contribution < -0.4 is 4.90 Å². The molecular weight excluding hydrogens is 460 g/mol. The number of carbonyl (C=O) groups is 2. The number of anilines is 1. The van der Waals surface area contributed by atoms with E-state index in [4.69, 9.17) is 20.0 Å². The number of nitrogens with zero attached hydrogens (tertiary/aromatic N) is 4. The molecule has 0 spiro atoms. The molecule has 1 fully saturated rings. The number of amides is 1. The Morgan fingerprint density at radius 2 is 1.86 bits per heavy atom. The normalized spacial score (nSPS) is 15.1. The van der Waals surface area contributed by atoms with E-state index in [1.165, 1.54) is 30.5 Å². The number of hydrogen-bond acceptors (Lipinski definition) is 6. The van der Waals surface area contributed by atoms with Crippen LogP contribution in [0.2, 0.25) is 0 Å². The first kappa shape index (κ1) is 27.4. The number of methoxy groups -OCH3 is 1. The van der Waals surface area contributed by atoms with Gasteiger partial charge in [0.2, 0.25) is 0 Å². The highest BCUT2D eigenvalue weighted by Crippen LogP contribution is 2.26. The maximum absolute atomic E-state index is 12.5. The van der Waals surface area contributed by atoms with Gasteiger partial charge in [-0.3, -0.25) is 14.5 Å². The molecule has 9 nitrogen and oxygen atoms in total. The lowest BCUT2D eigenvalue weighted by atomic mass is 9.95. The highest BCUT2D eigenvalue weighted by molar-refractivity contribution is 5.90. The third-order valence-electron chi connectivity index (χ3n) is 6.79. The summed E-state index contributed by atoms with van der Waals surface area (Å²) >= 11 is 0. The Labute approximate surface area is 213 Å². The number of likely N-dealkylation sites (tertiary alicyclic amines) is 1. The van der Waals surface area contributed by atoms with Gasteiger partial charge < -0.3 is 14.9 Å². The summed E-state index contributed by atoms with van der Waals surface area (Å²) in [5, 5.41) is 23.1. The van der Waals surface area contributed by atoms with Gasteiger partial charge in [-0.2, -0.15) is 5.10 Å². The van der Waals surface area contributed by atoms with Crippen LogP contribution in [0.25, 0.3) is 0 Å². The SMILES string of the molecule is COC(=O)N(CC1CCN(Cc2nn(C(C)C)c(C/C=C\CO)c2C)CC1)c1ccc(C(=O)O)cc1. The average Bonchev–Trinajstić information content (AvgIpc) is 3.18. The molecule has 2 N–H and O–H groups in total. The molecule has 2 aromatic rings. The Kier molecular flexibility index (Phi) is 9.66. The van der Waals surface area contributed by atoms with Crippen molar-refractivity contribution in [2.24, 2.45) is 5.92 Å². The Morgan fingerprint density at radius 3 is 2.42 bits per heavy atom. The second-order valence-corrected chi connectivity index (χ2v) is 9.57. The number of benzene rings is 1. The van der Waals surface area contributed by atoms with Crippen LogP contribution in [0.15, 0.2) is 36.4 Å².